The van der Waals surface area contributed by atoms with E-state index >= 15 is 0 Å². The molecule has 0 aromatic heterocycles. The van der Waals surface area contributed by atoms with Gasteiger partial charge in [0.05, 0.1) is 6.10 Å². The summed E-state index contributed by atoms with van der Waals surface area (Å²) in [6, 6.07) is 0. The molecule has 1 nitrogen and oxygen atoms in total. The number of halogens is 4. The predicted molar refractivity (Wildman–Crippen MR) is 38.0 cm³/mol. The first-order valence-electron chi connectivity index (χ1n) is 2.86. The lowest BCUT2D eigenvalue weighted by Crippen LogP contribution is -2.36. The molecule has 0 aromatic rings. The summed E-state index contributed by atoms with van der Waals surface area (Å²) in [5, 5.41) is 0. The minimum absolute atomic E-state index is 0.366. The van der Waals surface area contributed by atoms with Gasteiger partial charge in [0, 0.05) is 3.92 Å². The summed E-state index contributed by atoms with van der Waals surface area (Å²) in [7, 11) is 0. The molecule has 1 saturated carbocycles. The normalized spacial score (nSPS) is 33.6. The third-order valence-electron chi connectivity index (χ3n) is 1.34. The molecule has 0 atom stereocenters. The molecule has 1 aliphatic carbocycles. The molecule has 0 heterocycles. The van der Waals surface area contributed by atoms with Gasteiger partial charge in [0.1, 0.15) is 0 Å². The lowest BCUT2D eigenvalue weighted by Gasteiger charge is -2.31. The molecule has 0 bridgehead atoms. The quantitative estimate of drug-likeness (QED) is 0.523. The van der Waals surface area contributed by atoms with Crippen LogP contribution in [0.15, 0.2) is 0 Å². The molecule has 5 heteroatoms. The van der Waals surface area contributed by atoms with Gasteiger partial charge in [-0.25, -0.2) is 0 Å². The fourth-order valence-corrected chi connectivity index (χ4v) is 1.92. The summed E-state index contributed by atoms with van der Waals surface area (Å²) in [5.41, 5.74) is 0. The Labute approximate surface area is 70.1 Å². The maximum absolute atomic E-state index is 11.4. The molecule has 60 valence electrons. The molecule has 0 aromatic carbocycles. The Morgan fingerprint density at radius 3 is 2.10 bits per heavy atom. The monoisotopic (exact) mass is 266 g/mol. The SMILES string of the molecule is FC(F)(F)OC1CC(I)C1. The summed E-state index contributed by atoms with van der Waals surface area (Å²) in [4.78, 5) is 0. The Morgan fingerprint density at radius 2 is 1.80 bits per heavy atom. The molecule has 0 N–H and O–H groups in total. The van der Waals surface area contributed by atoms with Crippen molar-refractivity contribution in [2.24, 2.45) is 0 Å². The van der Waals surface area contributed by atoms with E-state index in [9.17, 15) is 13.2 Å². The van der Waals surface area contributed by atoms with E-state index in [1.165, 1.54) is 0 Å². The molecule has 0 radical (unpaired) electrons. The van der Waals surface area contributed by atoms with Crippen LogP contribution < -0.4 is 0 Å². The third-order valence-corrected chi connectivity index (χ3v) is 2.35. The number of ether oxygens (including phenoxy) is 1. The number of alkyl halides is 4. The van der Waals surface area contributed by atoms with Crippen molar-refractivity contribution in [3.63, 3.8) is 0 Å². The Balaban J connectivity index is 2.16. The van der Waals surface area contributed by atoms with E-state index in [1.54, 1.807) is 0 Å². The van der Waals surface area contributed by atoms with Gasteiger partial charge in [-0.15, -0.1) is 13.2 Å². The maximum atomic E-state index is 11.4. The van der Waals surface area contributed by atoms with Crippen LogP contribution in [0.2, 0.25) is 0 Å². The van der Waals surface area contributed by atoms with E-state index in [1.807, 2.05) is 0 Å². The van der Waals surface area contributed by atoms with E-state index in [0.717, 1.165) is 0 Å². The van der Waals surface area contributed by atoms with Crippen molar-refractivity contribution >= 4 is 22.6 Å². The maximum Gasteiger partial charge on any atom is 0.522 e. The lowest BCUT2D eigenvalue weighted by molar-refractivity contribution is -0.349. The summed E-state index contributed by atoms with van der Waals surface area (Å²) < 4.78 is 38.4. The highest BCUT2D eigenvalue weighted by molar-refractivity contribution is 14.1. The van der Waals surface area contributed by atoms with Crippen LogP contribution in [0, 0.1) is 0 Å². The summed E-state index contributed by atoms with van der Waals surface area (Å²) in [5.74, 6) is 0. The van der Waals surface area contributed by atoms with Crippen LogP contribution in [0.5, 0.6) is 0 Å². The van der Waals surface area contributed by atoms with Crippen molar-refractivity contribution in [3.05, 3.63) is 0 Å². The Kier molecular flexibility index (Phi) is 2.44. The van der Waals surface area contributed by atoms with Crippen molar-refractivity contribution in [1.82, 2.24) is 0 Å². The second-order valence-electron chi connectivity index (χ2n) is 2.25. The molecule has 0 spiro atoms. The predicted octanol–water partition coefficient (Wildman–Crippen LogP) is 2.49. The molecule has 0 aliphatic heterocycles. The van der Waals surface area contributed by atoms with Gasteiger partial charge in [-0.3, -0.25) is 4.74 Å². The minimum atomic E-state index is -4.44. The van der Waals surface area contributed by atoms with E-state index in [4.69, 9.17) is 0 Å². The second kappa shape index (κ2) is 2.84. The first-order valence-corrected chi connectivity index (χ1v) is 4.10. The Bertz CT molecular complexity index is 119. The molecular formula is C5H6F3IO. The fraction of sp³-hybridized carbons (Fsp3) is 1.00. The van der Waals surface area contributed by atoms with E-state index in [0.29, 0.717) is 16.8 Å². The van der Waals surface area contributed by atoms with Gasteiger partial charge < -0.3 is 0 Å². The molecular weight excluding hydrogens is 260 g/mol. The molecule has 1 aliphatic rings. The van der Waals surface area contributed by atoms with E-state index in [-0.39, 0.29) is 0 Å². The van der Waals surface area contributed by atoms with Gasteiger partial charge in [-0.2, -0.15) is 0 Å². The third kappa shape index (κ3) is 2.61. The first-order chi connectivity index (χ1) is 4.47. The van der Waals surface area contributed by atoms with Crippen molar-refractivity contribution in [2.45, 2.75) is 29.2 Å². The van der Waals surface area contributed by atoms with E-state index < -0.39 is 12.5 Å². The highest BCUT2D eigenvalue weighted by atomic mass is 127. The standard InChI is InChI=1S/C5H6F3IO/c6-5(7,8)10-4-1-3(9)2-4/h3-4H,1-2H2. The van der Waals surface area contributed by atoms with Crippen LogP contribution in [-0.2, 0) is 4.74 Å². The Morgan fingerprint density at radius 1 is 1.30 bits per heavy atom. The zero-order chi connectivity index (χ0) is 7.78. The Hall–Kier alpha value is 0.480. The van der Waals surface area contributed by atoms with Gasteiger partial charge in [0.25, 0.3) is 0 Å². The van der Waals surface area contributed by atoms with Crippen LogP contribution in [0.1, 0.15) is 12.8 Å². The van der Waals surface area contributed by atoms with Crippen molar-refractivity contribution in [1.29, 1.82) is 0 Å². The summed E-state index contributed by atoms with van der Waals surface area (Å²) in [6.45, 7) is 0. The smallest absolute Gasteiger partial charge is 0.288 e. The van der Waals surface area contributed by atoms with Gasteiger partial charge >= 0.3 is 6.36 Å². The molecule has 1 fully saturated rings. The zero-order valence-corrected chi connectivity index (χ0v) is 7.15. The average molecular weight is 266 g/mol. The van der Waals surface area contributed by atoms with Gasteiger partial charge in [-0.1, -0.05) is 22.6 Å². The van der Waals surface area contributed by atoms with Crippen LogP contribution in [0.25, 0.3) is 0 Å². The number of hydrogen-bond acceptors (Lipinski definition) is 1. The average Bonchev–Trinajstić information content (AvgIpc) is 1.57. The van der Waals surface area contributed by atoms with Crippen LogP contribution in [0.4, 0.5) is 13.2 Å². The summed E-state index contributed by atoms with van der Waals surface area (Å²) >= 11 is 2.11. The van der Waals surface area contributed by atoms with Gasteiger partial charge in [0.2, 0.25) is 0 Å². The molecule has 1 rings (SSSR count). The first kappa shape index (κ1) is 8.58. The number of hydrogen-bond donors (Lipinski definition) is 0. The number of rotatable bonds is 1. The van der Waals surface area contributed by atoms with Crippen molar-refractivity contribution < 1.29 is 17.9 Å². The highest BCUT2D eigenvalue weighted by Gasteiger charge is 2.39. The highest BCUT2D eigenvalue weighted by Crippen LogP contribution is 2.34. The van der Waals surface area contributed by atoms with E-state index in [2.05, 4.69) is 27.3 Å². The second-order valence-corrected chi connectivity index (χ2v) is 4.02. The minimum Gasteiger partial charge on any atom is -0.288 e. The largest absolute Gasteiger partial charge is 0.522 e. The van der Waals surface area contributed by atoms with Crippen LogP contribution in [0.3, 0.4) is 0 Å². The topological polar surface area (TPSA) is 9.23 Å². The molecule has 0 saturated heterocycles. The van der Waals surface area contributed by atoms with Crippen LogP contribution >= 0.6 is 22.6 Å². The molecule has 0 amide bonds. The van der Waals surface area contributed by atoms with Crippen molar-refractivity contribution in [3.8, 4) is 0 Å². The zero-order valence-electron chi connectivity index (χ0n) is 4.99. The van der Waals surface area contributed by atoms with Gasteiger partial charge in [-0.05, 0) is 12.8 Å². The fourth-order valence-electron chi connectivity index (χ4n) is 0.787. The van der Waals surface area contributed by atoms with Gasteiger partial charge in [0.15, 0.2) is 0 Å². The molecule has 10 heavy (non-hydrogen) atoms. The van der Waals surface area contributed by atoms with Crippen LogP contribution in [-0.4, -0.2) is 16.4 Å². The summed E-state index contributed by atoms with van der Waals surface area (Å²) in [6.07, 6.45) is -3.97. The molecule has 0 unspecified atom stereocenters. The lowest BCUT2D eigenvalue weighted by atomic mass is 9.96. The van der Waals surface area contributed by atoms with Crippen molar-refractivity contribution in [2.75, 3.05) is 0 Å².